The molecule has 90 valence electrons. The quantitative estimate of drug-likeness (QED) is 0.927. The number of thiazole rings is 1. The number of rotatable bonds is 3. The van der Waals surface area contributed by atoms with Crippen LogP contribution in [0.2, 0.25) is 5.02 Å². The first kappa shape index (κ1) is 12.5. The molecule has 1 unspecified atom stereocenters. The average Bonchev–Trinajstić information content (AvgIpc) is 2.71. The number of halogens is 2. The van der Waals surface area contributed by atoms with Gasteiger partial charge in [0.2, 0.25) is 0 Å². The van der Waals surface area contributed by atoms with Gasteiger partial charge >= 0.3 is 0 Å². The molecule has 0 bridgehead atoms. The van der Waals surface area contributed by atoms with Crippen molar-refractivity contribution in [2.24, 2.45) is 5.73 Å². The van der Waals surface area contributed by atoms with E-state index >= 15 is 0 Å². The molecule has 0 saturated heterocycles. The highest BCUT2D eigenvalue weighted by atomic mass is 35.5. The molecule has 0 spiro atoms. The summed E-state index contributed by atoms with van der Waals surface area (Å²) in [6, 6.07) is 4.73. The molecule has 17 heavy (non-hydrogen) atoms. The van der Waals surface area contributed by atoms with Crippen molar-refractivity contribution in [2.45, 2.75) is 19.4 Å². The third kappa shape index (κ3) is 2.65. The molecule has 1 aromatic heterocycles. The molecular formula is C12H12ClFN2S. The average molecular weight is 271 g/mol. The molecular weight excluding hydrogens is 259 g/mol. The minimum atomic E-state index is -0.383. The molecule has 5 heteroatoms. The molecule has 0 aliphatic rings. The largest absolute Gasteiger partial charge is 0.323 e. The lowest BCUT2D eigenvalue weighted by Gasteiger charge is -2.11. The number of nitrogens with zero attached hydrogens (tertiary/aromatic N) is 1. The van der Waals surface area contributed by atoms with E-state index in [9.17, 15) is 4.39 Å². The molecule has 1 heterocycles. The molecule has 2 aromatic rings. The van der Waals surface area contributed by atoms with Crippen LogP contribution in [0.4, 0.5) is 4.39 Å². The van der Waals surface area contributed by atoms with Crippen LogP contribution in [-0.4, -0.2) is 4.98 Å². The third-order valence-electron chi connectivity index (χ3n) is 2.59. The lowest BCUT2D eigenvalue weighted by atomic mass is 10.0. The highest BCUT2D eigenvalue weighted by Gasteiger charge is 2.15. The summed E-state index contributed by atoms with van der Waals surface area (Å²) in [5.41, 5.74) is 9.25. The predicted molar refractivity (Wildman–Crippen MR) is 68.9 cm³/mol. The smallest absolute Gasteiger partial charge is 0.145 e. The Hall–Kier alpha value is -0.970. The summed E-state index contributed by atoms with van der Waals surface area (Å²) in [7, 11) is 0. The highest BCUT2D eigenvalue weighted by Crippen LogP contribution is 2.26. The minimum Gasteiger partial charge on any atom is -0.323 e. The SMILES string of the molecule is Cc1ncsc1C(N)Cc1cccc(Cl)c1F. The van der Waals surface area contributed by atoms with Crippen LogP contribution in [0, 0.1) is 12.7 Å². The van der Waals surface area contributed by atoms with Crippen molar-refractivity contribution in [2.75, 3.05) is 0 Å². The van der Waals surface area contributed by atoms with Crippen LogP contribution >= 0.6 is 22.9 Å². The number of hydrogen-bond donors (Lipinski definition) is 1. The fourth-order valence-electron chi connectivity index (χ4n) is 1.70. The van der Waals surface area contributed by atoms with Gasteiger partial charge in [-0.2, -0.15) is 0 Å². The van der Waals surface area contributed by atoms with Gasteiger partial charge in [-0.25, -0.2) is 9.37 Å². The zero-order chi connectivity index (χ0) is 12.4. The van der Waals surface area contributed by atoms with Crippen LogP contribution in [0.3, 0.4) is 0 Å². The minimum absolute atomic E-state index is 0.135. The number of aromatic nitrogens is 1. The normalized spacial score (nSPS) is 12.7. The maximum atomic E-state index is 13.7. The van der Waals surface area contributed by atoms with E-state index in [0.29, 0.717) is 12.0 Å². The predicted octanol–water partition coefficient (Wildman–Crippen LogP) is 3.49. The zero-order valence-corrected chi connectivity index (χ0v) is 10.9. The monoisotopic (exact) mass is 270 g/mol. The summed E-state index contributed by atoms with van der Waals surface area (Å²) >= 11 is 7.22. The second-order valence-electron chi connectivity index (χ2n) is 3.83. The van der Waals surface area contributed by atoms with E-state index in [1.165, 1.54) is 17.4 Å². The summed E-state index contributed by atoms with van der Waals surface area (Å²) in [5, 5.41) is 0.135. The van der Waals surface area contributed by atoms with Gasteiger partial charge < -0.3 is 5.73 Å². The Kier molecular flexibility index (Phi) is 3.76. The maximum Gasteiger partial charge on any atom is 0.145 e. The van der Waals surface area contributed by atoms with Crippen LogP contribution in [0.5, 0.6) is 0 Å². The van der Waals surface area contributed by atoms with Crippen LogP contribution in [0.1, 0.15) is 22.2 Å². The van der Waals surface area contributed by atoms with Crippen molar-refractivity contribution in [1.82, 2.24) is 4.98 Å². The fraction of sp³-hybridized carbons (Fsp3) is 0.250. The van der Waals surface area contributed by atoms with Gasteiger partial charge in [-0.05, 0) is 25.0 Å². The molecule has 0 fully saturated rings. The van der Waals surface area contributed by atoms with Crippen LogP contribution in [0.15, 0.2) is 23.7 Å². The van der Waals surface area contributed by atoms with Gasteiger partial charge in [0.15, 0.2) is 0 Å². The molecule has 0 radical (unpaired) electrons. The van der Waals surface area contributed by atoms with Gasteiger partial charge in [0.05, 0.1) is 16.2 Å². The van der Waals surface area contributed by atoms with Crippen molar-refractivity contribution >= 4 is 22.9 Å². The molecule has 0 saturated carbocycles. The van der Waals surface area contributed by atoms with E-state index in [0.717, 1.165) is 10.6 Å². The Balaban J connectivity index is 2.22. The van der Waals surface area contributed by atoms with Gasteiger partial charge in [-0.1, -0.05) is 23.7 Å². The van der Waals surface area contributed by atoms with Crippen LogP contribution < -0.4 is 5.73 Å². The molecule has 2 N–H and O–H groups in total. The molecule has 0 amide bonds. The van der Waals surface area contributed by atoms with E-state index in [-0.39, 0.29) is 16.9 Å². The van der Waals surface area contributed by atoms with Gasteiger partial charge in [0.25, 0.3) is 0 Å². The second kappa shape index (κ2) is 5.12. The van der Waals surface area contributed by atoms with Crippen molar-refractivity contribution in [1.29, 1.82) is 0 Å². The fourth-order valence-corrected chi connectivity index (χ4v) is 2.70. The topological polar surface area (TPSA) is 38.9 Å². The summed E-state index contributed by atoms with van der Waals surface area (Å²) in [5.74, 6) is -0.383. The van der Waals surface area contributed by atoms with E-state index in [2.05, 4.69) is 4.98 Å². The Bertz CT molecular complexity index is 527. The van der Waals surface area contributed by atoms with Crippen molar-refractivity contribution < 1.29 is 4.39 Å². The van der Waals surface area contributed by atoms with Crippen molar-refractivity contribution in [3.8, 4) is 0 Å². The van der Waals surface area contributed by atoms with Crippen LogP contribution in [0.25, 0.3) is 0 Å². The summed E-state index contributed by atoms with van der Waals surface area (Å²) in [4.78, 5) is 5.13. The Labute approximate surface area is 108 Å². The van der Waals surface area contributed by atoms with Gasteiger partial charge in [0, 0.05) is 10.9 Å². The van der Waals surface area contributed by atoms with E-state index < -0.39 is 0 Å². The highest BCUT2D eigenvalue weighted by molar-refractivity contribution is 7.09. The Morgan fingerprint density at radius 2 is 2.29 bits per heavy atom. The zero-order valence-electron chi connectivity index (χ0n) is 9.28. The molecule has 1 aromatic carbocycles. The standard InChI is InChI=1S/C12H12ClFN2S/c1-7-12(17-6-16-7)10(15)5-8-3-2-4-9(13)11(8)14/h2-4,6,10H,5,15H2,1H3. The Morgan fingerprint density at radius 3 is 2.94 bits per heavy atom. The maximum absolute atomic E-state index is 13.7. The van der Waals surface area contributed by atoms with E-state index in [4.69, 9.17) is 17.3 Å². The lowest BCUT2D eigenvalue weighted by molar-refractivity contribution is 0.595. The first-order valence-electron chi connectivity index (χ1n) is 5.18. The molecule has 0 aliphatic carbocycles. The van der Waals surface area contributed by atoms with Gasteiger partial charge in [-0.3, -0.25) is 0 Å². The van der Waals surface area contributed by atoms with E-state index in [1.807, 2.05) is 6.92 Å². The summed E-state index contributed by atoms with van der Waals surface area (Å²) in [6.45, 7) is 1.90. The number of aryl methyl sites for hydroxylation is 1. The van der Waals surface area contributed by atoms with Crippen molar-refractivity contribution in [3.63, 3.8) is 0 Å². The summed E-state index contributed by atoms with van der Waals surface area (Å²) in [6.07, 6.45) is 0.426. The summed E-state index contributed by atoms with van der Waals surface area (Å²) < 4.78 is 13.7. The van der Waals surface area contributed by atoms with Crippen LogP contribution in [-0.2, 0) is 6.42 Å². The first-order valence-corrected chi connectivity index (χ1v) is 6.44. The molecule has 2 rings (SSSR count). The molecule has 0 aliphatic heterocycles. The Morgan fingerprint density at radius 1 is 1.53 bits per heavy atom. The number of benzene rings is 1. The molecule has 1 atom stereocenters. The third-order valence-corrected chi connectivity index (χ3v) is 3.95. The number of nitrogens with two attached hydrogens (primary N) is 1. The van der Waals surface area contributed by atoms with E-state index in [1.54, 1.807) is 17.6 Å². The lowest BCUT2D eigenvalue weighted by Crippen LogP contribution is -2.14. The van der Waals surface area contributed by atoms with Gasteiger partial charge in [-0.15, -0.1) is 11.3 Å². The first-order chi connectivity index (χ1) is 8.09. The second-order valence-corrected chi connectivity index (χ2v) is 5.12. The van der Waals surface area contributed by atoms with Gasteiger partial charge in [0.1, 0.15) is 5.82 Å². The number of hydrogen-bond acceptors (Lipinski definition) is 3. The molecule has 2 nitrogen and oxygen atoms in total. The van der Waals surface area contributed by atoms with Crippen molar-refractivity contribution in [3.05, 3.63) is 50.7 Å².